The molecule has 4 rings (SSSR count). The summed E-state index contributed by atoms with van der Waals surface area (Å²) in [5, 5.41) is 14.3. The standard InChI is InChI=1S/C19H18N6O2S2/c1-12-18(29-13(2)20-12)16-11-28-19(21-16)22-17(26)9-25-8-14(23-24-25)10-27-15-6-4-3-5-7-15/h3-8,11H,9-10H2,1-2H3,(H,21,22,26). The van der Waals surface area contributed by atoms with Crippen molar-refractivity contribution in [3.63, 3.8) is 0 Å². The molecule has 8 nitrogen and oxygen atoms in total. The minimum absolute atomic E-state index is 0.0476. The predicted octanol–water partition coefficient (Wildman–Crippen LogP) is 3.69. The van der Waals surface area contributed by atoms with Crippen molar-refractivity contribution >= 4 is 33.7 Å². The van der Waals surface area contributed by atoms with Crippen LogP contribution in [0.15, 0.2) is 41.9 Å². The number of benzene rings is 1. The van der Waals surface area contributed by atoms with E-state index in [0.717, 1.165) is 27.0 Å². The predicted molar refractivity (Wildman–Crippen MR) is 112 cm³/mol. The van der Waals surface area contributed by atoms with E-state index in [0.29, 0.717) is 10.8 Å². The summed E-state index contributed by atoms with van der Waals surface area (Å²) in [6.45, 7) is 4.26. The summed E-state index contributed by atoms with van der Waals surface area (Å²) in [7, 11) is 0. The van der Waals surface area contributed by atoms with Crippen molar-refractivity contribution < 1.29 is 9.53 Å². The Kier molecular flexibility index (Phi) is 5.63. The molecule has 148 valence electrons. The van der Waals surface area contributed by atoms with Crippen molar-refractivity contribution in [2.24, 2.45) is 0 Å². The third kappa shape index (κ3) is 4.84. The molecule has 4 aromatic rings. The highest BCUT2D eigenvalue weighted by Gasteiger charge is 2.13. The largest absolute Gasteiger partial charge is 0.487 e. The maximum absolute atomic E-state index is 12.3. The fourth-order valence-electron chi connectivity index (χ4n) is 2.67. The van der Waals surface area contributed by atoms with Crippen LogP contribution in [-0.4, -0.2) is 30.9 Å². The second-order valence-electron chi connectivity index (χ2n) is 6.24. The highest BCUT2D eigenvalue weighted by Crippen LogP contribution is 2.31. The number of thiazole rings is 2. The van der Waals surface area contributed by atoms with Gasteiger partial charge in [-0.05, 0) is 26.0 Å². The third-order valence-electron chi connectivity index (χ3n) is 3.91. The maximum Gasteiger partial charge on any atom is 0.247 e. The number of aryl methyl sites for hydroxylation is 2. The summed E-state index contributed by atoms with van der Waals surface area (Å²) < 4.78 is 7.11. The van der Waals surface area contributed by atoms with E-state index in [1.807, 2.05) is 49.6 Å². The summed E-state index contributed by atoms with van der Waals surface area (Å²) in [6, 6.07) is 9.47. The molecule has 10 heteroatoms. The Hall–Kier alpha value is -3.11. The van der Waals surface area contributed by atoms with Crippen LogP contribution >= 0.6 is 22.7 Å². The van der Waals surface area contributed by atoms with Gasteiger partial charge >= 0.3 is 0 Å². The molecule has 0 saturated carbocycles. The molecule has 3 heterocycles. The Morgan fingerprint density at radius 1 is 1.21 bits per heavy atom. The molecule has 0 aliphatic carbocycles. The monoisotopic (exact) mass is 426 g/mol. The van der Waals surface area contributed by atoms with Gasteiger partial charge in [-0.2, -0.15) is 0 Å². The highest BCUT2D eigenvalue weighted by atomic mass is 32.1. The highest BCUT2D eigenvalue weighted by molar-refractivity contribution is 7.16. The molecule has 0 unspecified atom stereocenters. The number of para-hydroxylation sites is 1. The van der Waals surface area contributed by atoms with Crippen molar-refractivity contribution in [3.8, 4) is 16.3 Å². The van der Waals surface area contributed by atoms with Gasteiger partial charge in [-0.1, -0.05) is 23.4 Å². The van der Waals surface area contributed by atoms with Crippen LogP contribution in [0, 0.1) is 13.8 Å². The molecule has 1 aromatic carbocycles. The molecule has 29 heavy (non-hydrogen) atoms. The number of amides is 1. The Balaban J connectivity index is 1.32. The van der Waals surface area contributed by atoms with Crippen LogP contribution in [0.5, 0.6) is 5.75 Å². The van der Waals surface area contributed by atoms with Gasteiger partial charge in [0.05, 0.1) is 27.5 Å². The lowest BCUT2D eigenvalue weighted by Crippen LogP contribution is -2.19. The number of aromatic nitrogens is 5. The molecular weight excluding hydrogens is 408 g/mol. The van der Waals surface area contributed by atoms with Gasteiger partial charge in [-0.15, -0.1) is 27.8 Å². The molecule has 0 radical (unpaired) electrons. The van der Waals surface area contributed by atoms with Gasteiger partial charge in [-0.25, -0.2) is 14.6 Å². The molecule has 0 fully saturated rings. The van der Waals surface area contributed by atoms with Crippen molar-refractivity contribution in [1.82, 2.24) is 25.0 Å². The topological polar surface area (TPSA) is 94.8 Å². The molecule has 1 amide bonds. The zero-order chi connectivity index (χ0) is 20.2. The first-order valence-corrected chi connectivity index (χ1v) is 10.5. The first-order valence-electron chi connectivity index (χ1n) is 8.83. The number of anilines is 1. The Labute approximate surface area is 175 Å². The number of carbonyl (C=O) groups is 1. The van der Waals surface area contributed by atoms with E-state index in [4.69, 9.17) is 4.74 Å². The van der Waals surface area contributed by atoms with Crippen LogP contribution in [0.25, 0.3) is 10.6 Å². The van der Waals surface area contributed by atoms with Crippen LogP contribution in [0.1, 0.15) is 16.4 Å². The van der Waals surface area contributed by atoms with E-state index < -0.39 is 0 Å². The summed E-state index contributed by atoms with van der Waals surface area (Å²) in [4.78, 5) is 22.3. The zero-order valence-electron chi connectivity index (χ0n) is 15.8. The van der Waals surface area contributed by atoms with E-state index in [2.05, 4.69) is 25.6 Å². The Morgan fingerprint density at radius 2 is 2.03 bits per heavy atom. The number of ether oxygens (including phenoxy) is 1. The number of carbonyl (C=O) groups excluding carboxylic acids is 1. The normalized spacial score (nSPS) is 10.8. The van der Waals surface area contributed by atoms with E-state index >= 15 is 0 Å². The number of hydrogen-bond donors (Lipinski definition) is 1. The summed E-state index contributed by atoms with van der Waals surface area (Å²) in [6.07, 6.45) is 1.69. The van der Waals surface area contributed by atoms with Crippen molar-refractivity contribution in [2.75, 3.05) is 5.32 Å². The minimum Gasteiger partial charge on any atom is -0.487 e. The zero-order valence-corrected chi connectivity index (χ0v) is 17.5. The number of hydrogen-bond acceptors (Lipinski definition) is 8. The minimum atomic E-state index is -0.219. The summed E-state index contributed by atoms with van der Waals surface area (Å²) in [5.74, 6) is 0.536. The average molecular weight is 427 g/mol. The van der Waals surface area contributed by atoms with E-state index in [1.54, 1.807) is 17.5 Å². The molecule has 1 N–H and O–H groups in total. The van der Waals surface area contributed by atoms with Crippen LogP contribution < -0.4 is 10.1 Å². The molecule has 0 spiro atoms. The Bertz CT molecular complexity index is 1120. The Morgan fingerprint density at radius 3 is 2.79 bits per heavy atom. The lowest BCUT2D eigenvalue weighted by molar-refractivity contribution is -0.116. The molecule has 0 saturated heterocycles. The molecule has 0 aliphatic rings. The second kappa shape index (κ2) is 8.50. The number of nitrogens with zero attached hydrogens (tertiary/aromatic N) is 5. The average Bonchev–Trinajstić information content (AvgIpc) is 3.41. The fraction of sp³-hybridized carbons (Fsp3) is 0.211. The van der Waals surface area contributed by atoms with Gasteiger partial charge in [0.15, 0.2) is 5.13 Å². The van der Waals surface area contributed by atoms with Gasteiger partial charge in [0, 0.05) is 5.38 Å². The van der Waals surface area contributed by atoms with E-state index in [9.17, 15) is 4.79 Å². The lowest BCUT2D eigenvalue weighted by atomic mass is 10.3. The van der Waals surface area contributed by atoms with Crippen molar-refractivity contribution in [1.29, 1.82) is 0 Å². The number of rotatable bonds is 7. The van der Waals surface area contributed by atoms with Crippen LogP contribution in [0.3, 0.4) is 0 Å². The third-order valence-corrected chi connectivity index (χ3v) is 5.76. The van der Waals surface area contributed by atoms with Gasteiger partial charge in [-0.3, -0.25) is 4.79 Å². The summed E-state index contributed by atoms with van der Waals surface area (Å²) >= 11 is 2.98. The van der Waals surface area contributed by atoms with Crippen LogP contribution in [0.2, 0.25) is 0 Å². The van der Waals surface area contributed by atoms with E-state index in [-0.39, 0.29) is 19.1 Å². The molecule has 3 aromatic heterocycles. The second-order valence-corrected chi connectivity index (χ2v) is 8.30. The summed E-state index contributed by atoms with van der Waals surface area (Å²) in [5.41, 5.74) is 2.42. The van der Waals surface area contributed by atoms with Crippen LogP contribution in [-0.2, 0) is 17.9 Å². The molecule has 0 atom stereocenters. The van der Waals surface area contributed by atoms with Gasteiger partial charge in [0.1, 0.15) is 24.6 Å². The number of nitrogens with one attached hydrogen (secondary N) is 1. The fourth-order valence-corrected chi connectivity index (χ4v) is 4.34. The van der Waals surface area contributed by atoms with Gasteiger partial charge < -0.3 is 10.1 Å². The molecular formula is C19H18N6O2S2. The first-order chi connectivity index (χ1) is 14.1. The van der Waals surface area contributed by atoms with Crippen LogP contribution in [0.4, 0.5) is 5.13 Å². The van der Waals surface area contributed by atoms with Gasteiger partial charge in [0.25, 0.3) is 0 Å². The lowest BCUT2D eigenvalue weighted by Gasteiger charge is -2.02. The van der Waals surface area contributed by atoms with Crippen molar-refractivity contribution in [2.45, 2.75) is 27.0 Å². The first kappa shape index (κ1) is 19.2. The molecule has 0 bridgehead atoms. The van der Waals surface area contributed by atoms with E-state index in [1.165, 1.54) is 16.0 Å². The van der Waals surface area contributed by atoms with Gasteiger partial charge in [0.2, 0.25) is 5.91 Å². The van der Waals surface area contributed by atoms with Crippen molar-refractivity contribution in [3.05, 3.63) is 58.3 Å². The smallest absolute Gasteiger partial charge is 0.247 e. The quantitative estimate of drug-likeness (QED) is 0.484. The molecule has 0 aliphatic heterocycles. The maximum atomic E-state index is 12.3. The SMILES string of the molecule is Cc1nc(C)c(-c2csc(NC(=O)Cn3cc(COc4ccccc4)nn3)n2)s1.